The molecule has 2 aromatic rings. The van der Waals surface area contributed by atoms with Gasteiger partial charge in [-0.25, -0.2) is 0 Å². The molecule has 0 aromatic heterocycles. The number of rotatable bonds is 4. The van der Waals surface area contributed by atoms with E-state index in [4.69, 9.17) is 10.9 Å². The Kier molecular flexibility index (Phi) is 4.47. The summed E-state index contributed by atoms with van der Waals surface area (Å²) in [6.45, 7) is 1.96. The van der Waals surface area contributed by atoms with E-state index in [1.54, 1.807) is 11.8 Å². The van der Waals surface area contributed by atoms with E-state index in [-0.39, 0.29) is 5.84 Å². The van der Waals surface area contributed by atoms with Crippen LogP contribution in [0.1, 0.15) is 16.7 Å². The molecule has 0 spiro atoms. The Bertz CT molecular complexity index is 582. The lowest BCUT2D eigenvalue weighted by Crippen LogP contribution is -2.14. The Morgan fingerprint density at radius 1 is 1.21 bits per heavy atom. The lowest BCUT2D eigenvalue weighted by molar-refractivity contribution is 0.318. The molecule has 98 valence electrons. The molecular formula is C15H16N2OS. The number of oxime groups is 1. The molecule has 4 heteroatoms. The maximum Gasteiger partial charge on any atom is 0.170 e. The highest BCUT2D eigenvalue weighted by Crippen LogP contribution is 2.24. The number of amidine groups is 1. The van der Waals surface area contributed by atoms with Gasteiger partial charge in [0, 0.05) is 16.2 Å². The van der Waals surface area contributed by atoms with E-state index in [2.05, 4.69) is 23.4 Å². The Morgan fingerprint density at radius 2 is 1.95 bits per heavy atom. The van der Waals surface area contributed by atoms with Gasteiger partial charge in [0.25, 0.3) is 0 Å². The summed E-state index contributed by atoms with van der Waals surface area (Å²) in [6.07, 6.45) is 0. The van der Waals surface area contributed by atoms with Crippen molar-refractivity contribution in [2.24, 2.45) is 10.9 Å². The SMILES string of the molecule is Cc1cc(SCc2ccccc2)ccc1/C(N)=N/O. The lowest BCUT2D eigenvalue weighted by atomic mass is 10.1. The number of nitrogens with two attached hydrogens (primary N) is 1. The lowest BCUT2D eigenvalue weighted by Gasteiger charge is -2.07. The van der Waals surface area contributed by atoms with Crippen molar-refractivity contribution in [1.82, 2.24) is 0 Å². The van der Waals surface area contributed by atoms with Crippen LogP contribution in [0.5, 0.6) is 0 Å². The van der Waals surface area contributed by atoms with Gasteiger partial charge in [0.15, 0.2) is 5.84 Å². The van der Waals surface area contributed by atoms with Gasteiger partial charge in [-0.2, -0.15) is 0 Å². The fourth-order valence-electron chi connectivity index (χ4n) is 1.81. The highest BCUT2D eigenvalue weighted by atomic mass is 32.2. The molecule has 0 fully saturated rings. The van der Waals surface area contributed by atoms with Crippen LogP contribution in [-0.2, 0) is 5.75 Å². The van der Waals surface area contributed by atoms with E-state index in [1.807, 2.05) is 37.3 Å². The van der Waals surface area contributed by atoms with E-state index < -0.39 is 0 Å². The van der Waals surface area contributed by atoms with Crippen LogP contribution in [0.2, 0.25) is 0 Å². The zero-order valence-corrected chi connectivity index (χ0v) is 11.5. The number of thioether (sulfide) groups is 1. The first-order valence-corrected chi connectivity index (χ1v) is 6.94. The quantitative estimate of drug-likeness (QED) is 0.295. The van der Waals surface area contributed by atoms with E-state index in [9.17, 15) is 0 Å². The van der Waals surface area contributed by atoms with E-state index in [0.29, 0.717) is 0 Å². The molecule has 0 aliphatic carbocycles. The third-order valence-electron chi connectivity index (χ3n) is 2.83. The first kappa shape index (κ1) is 13.5. The largest absolute Gasteiger partial charge is 0.409 e. The summed E-state index contributed by atoms with van der Waals surface area (Å²) in [6, 6.07) is 16.3. The number of benzene rings is 2. The fourth-order valence-corrected chi connectivity index (χ4v) is 2.76. The first-order valence-electron chi connectivity index (χ1n) is 5.96. The molecule has 0 atom stereocenters. The summed E-state index contributed by atoms with van der Waals surface area (Å²) < 4.78 is 0. The van der Waals surface area contributed by atoms with E-state index in [1.165, 1.54) is 10.5 Å². The molecular weight excluding hydrogens is 256 g/mol. The molecule has 0 bridgehead atoms. The first-order chi connectivity index (χ1) is 9.20. The second-order valence-electron chi connectivity index (χ2n) is 4.24. The van der Waals surface area contributed by atoms with Crippen molar-refractivity contribution in [2.75, 3.05) is 0 Å². The van der Waals surface area contributed by atoms with Crippen LogP contribution in [0.4, 0.5) is 0 Å². The zero-order chi connectivity index (χ0) is 13.7. The summed E-state index contributed by atoms with van der Waals surface area (Å²) in [5, 5.41) is 11.7. The Hall–Kier alpha value is -1.94. The van der Waals surface area contributed by atoms with Crippen LogP contribution in [0.3, 0.4) is 0 Å². The van der Waals surface area contributed by atoms with E-state index >= 15 is 0 Å². The molecule has 19 heavy (non-hydrogen) atoms. The summed E-state index contributed by atoms with van der Waals surface area (Å²) in [7, 11) is 0. The number of hydrogen-bond acceptors (Lipinski definition) is 3. The molecule has 0 saturated heterocycles. The standard InChI is InChI=1S/C15H16N2OS/c1-11-9-13(7-8-14(11)15(16)17-18)19-10-12-5-3-2-4-6-12/h2-9,18H,10H2,1H3,(H2,16,17). The van der Waals surface area contributed by atoms with Crippen molar-refractivity contribution < 1.29 is 5.21 Å². The van der Waals surface area contributed by atoms with Crippen molar-refractivity contribution in [3.05, 3.63) is 65.2 Å². The van der Waals surface area contributed by atoms with Crippen molar-refractivity contribution in [3.8, 4) is 0 Å². The van der Waals surface area contributed by atoms with Gasteiger partial charge in [-0.05, 0) is 36.2 Å². The van der Waals surface area contributed by atoms with Crippen LogP contribution in [0, 0.1) is 6.92 Å². The minimum absolute atomic E-state index is 0.150. The zero-order valence-electron chi connectivity index (χ0n) is 10.7. The predicted octanol–water partition coefficient (Wildman–Crippen LogP) is 3.38. The summed E-state index contributed by atoms with van der Waals surface area (Å²) in [5.74, 6) is 1.08. The molecule has 2 rings (SSSR count). The maximum absolute atomic E-state index is 8.69. The van der Waals surface area contributed by atoms with Crippen molar-refractivity contribution in [1.29, 1.82) is 0 Å². The average Bonchev–Trinajstić information content (AvgIpc) is 2.45. The monoisotopic (exact) mass is 272 g/mol. The molecule has 0 radical (unpaired) electrons. The highest BCUT2D eigenvalue weighted by Gasteiger charge is 2.05. The second-order valence-corrected chi connectivity index (χ2v) is 5.28. The van der Waals surface area contributed by atoms with Crippen LogP contribution >= 0.6 is 11.8 Å². The number of aryl methyl sites for hydroxylation is 1. The van der Waals surface area contributed by atoms with Gasteiger partial charge in [0.1, 0.15) is 0 Å². The average molecular weight is 272 g/mol. The molecule has 3 N–H and O–H groups in total. The van der Waals surface area contributed by atoms with Crippen LogP contribution in [0.25, 0.3) is 0 Å². The minimum atomic E-state index is 0.150. The Morgan fingerprint density at radius 3 is 2.58 bits per heavy atom. The summed E-state index contributed by atoms with van der Waals surface area (Å²) in [4.78, 5) is 1.18. The van der Waals surface area contributed by atoms with Crippen LogP contribution in [0.15, 0.2) is 58.6 Å². The third kappa shape index (κ3) is 3.51. The van der Waals surface area contributed by atoms with Crippen molar-refractivity contribution >= 4 is 17.6 Å². The number of nitrogens with zero attached hydrogens (tertiary/aromatic N) is 1. The molecule has 3 nitrogen and oxygen atoms in total. The smallest absolute Gasteiger partial charge is 0.170 e. The van der Waals surface area contributed by atoms with Gasteiger partial charge in [-0.1, -0.05) is 35.5 Å². The maximum atomic E-state index is 8.69. The van der Waals surface area contributed by atoms with Crippen LogP contribution in [-0.4, -0.2) is 11.0 Å². The van der Waals surface area contributed by atoms with Crippen molar-refractivity contribution in [2.45, 2.75) is 17.6 Å². The molecule has 0 amide bonds. The van der Waals surface area contributed by atoms with Gasteiger partial charge in [0.05, 0.1) is 0 Å². The topological polar surface area (TPSA) is 58.6 Å². The summed E-state index contributed by atoms with van der Waals surface area (Å²) >= 11 is 1.77. The van der Waals surface area contributed by atoms with Crippen molar-refractivity contribution in [3.63, 3.8) is 0 Å². The molecule has 0 heterocycles. The van der Waals surface area contributed by atoms with E-state index in [0.717, 1.165) is 16.9 Å². The molecule has 0 aliphatic heterocycles. The highest BCUT2D eigenvalue weighted by molar-refractivity contribution is 7.98. The summed E-state index contributed by atoms with van der Waals surface area (Å²) in [5.41, 5.74) is 8.68. The minimum Gasteiger partial charge on any atom is -0.409 e. The van der Waals surface area contributed by atoms with Gasteiger partial charge in [-0.15, -0.1) is 11.8 Å². The number of hydrogen-bond donors (Lipinski definition) is 2. The van der Waals surface area contributed by atoms with Gasteiger partial charge in [0.2, 0.25) is 0 Å². The fraction of sp³-hybridized carbons (Fsp3) is 0.133. The Labute approximate surface area is 117 Å². The van der Waals surface area contributed by atoms with Gasteiger partial charge < -0.3 is 10.9 Å². The normalized spacial score (nSPS) is 11.5. The van der Waals surface area contributed by atoms with Gasteiger partial charge in [-0.3, -0.25) is 0 Å². The molecule has 0 aliphatic rings. The Balaban J connectivity index is 2.09. The molecule has 0 saturated carbocycles. The molecule has 2 aromatic carbocycles. The second kappa shape index (κ2) is 6.29. The predicted molar refractivity (Wildman–Crippen MR) is 79.7 cm³/mol. The molecule has 0 unspecified atom stereocenters. The van der Waals surface area contributed by atoms with Gasteiger partial charge >= 0.3 is 0 Å². The third-order valence-corrected chi connectivity index (χ3v) is 3.89. The van der Waals surface area contributed by atoms with Crippen LogP contribution < -0.4 is 5.73 Å².